The molecule has 2 heterocycles. The zero-order valence-corrected chi connectivity index (χ0v) is 13.6. The van der Waals surface area contributed by atoms with Crippen LogP contribution < -0.4 is 10.6 Å². The van der Waals surface area contributed by atoms with E-state index in [0.29, 0.717) is 11.9 Å². The minimum atomic E-state index is 0.436. The van der Waals surface area contributed by atoms with Gasteiger partial charge in [0, 0.05) is 43.3 Å². The van der Waals surface area contributed by atoms with Crippen LogP contribution in [0.2, 0.25) is 0 Å². The number of nitrogens with two attached hydrogens (primary N) is 1. The van der Waals surface area contributed by atoms with E-state index in [1.165, 1.54) is 5.69 Å². The number of piperazine rings is 1. The van der Waals surface area contributed by atoms with Gasteiger partial charge < -0.3 is 15.5 Å². The second kappa shape index (κ2) is 6.64. The van der Waals surface area contributed by atoms with E-state index in [2.05, 4.69) is 49.0 Å². The number of hydrogen-bond acceptors (Lipinski definition) is 4. The van der Waals surface area contributed by atoms with E-state index in [0.717, 1.165) is 37.6 Å². The SMILES string of the molecule is Cc1cc(C)nc(/N=C(/N)N2CCN(c3ccccc3)CC2)n1. The average Bonchev–Trinajstić information content (AvgIpc) is 2.55. The van der Waals surface area contributed by atoms with Gasteiger partial charge in [-0.2, -0.15) is 4.99 Å². The minimum absolute atomic E-state index is 0.436. The Morgan fingerprint density at radius 2 is 1.61 bits per heavy atom. The first-order valence-electron chi connectivity index (χ1n) is 7.83. The van der Waals surface area contributed by atoms with Gasteiger partial charge in [0.05, 0.1) is 0 Å². The van der Waals surface area contributed by atoms with Crippen molar-refractivity contribution >= 4 is 17.6 Å². The van der Waals surface area contributed by atoms with E-state index in [1.807, 2.05) is 26.0 Å². The van der Waals surface area contributed by atoms with E-state index in [-0.39, 0.29) is 0 Å². The summed E-state index contributed by atoms with van der Waals surface area (Å²) in [5.41, 5.74) is 9.19. The van der Waals surface area contributed by atoms with Gasteiger partial charge in [-0.25, -0.2) is 9.97 Å². The first kappa shape index (κ1) is 15.3. The summed E-state index contributed by atoms with van der Waals surface area (Å²) in [5.74, 6) is 0.924. The number of hydrogen-bond donors (Lipinski definition) is 1. The molecule has 0 saturated carbocycles. The molecule has 1 aromatic carbocycles. The highest BCUT2D eigenvalue weighted by Crippen LogP contribution is 2.16. The van der Waals surface area contributed by atoms with E-state index in [1.54, 1.807) is 0 Å². The van der Waals surface area contributed by atoms with Crippen LogP contribution >= 0.6 is 0 Å². The molecular formula is C17H22N6. The number of rotatable bonds is 2. The molecule has 1 fully saturated rings. The molecule has 0 aliphatic carbocycles. The van der Waals surface area contributed by atoms with Gasteiger partial charge in [-0.15, -0.1) is 0 Å². The summed E-state index contributed by atoms with van der Waals surface area (Å²) >= 11 is 0. The van der Waals surface area contributed by atoms with E-state index < -0.39 is 0 Å². The Morgan fingerprint density at radius 3 is 2.22 bits per heavy atom. The summed E-state index contributed by atoms with van der Waals surface area (Å²) in [6.07, 6.45) is 0. The maximum atomic E-state index is 6.14. The largest absolute Gasteiger partial charge is 0.369 e. The predicted molar refractivity (Wildman–Crippen MR) is 93.0 cm³/mol. The molecule has 0 amide bonds. The second-order valence-electron chi connectivity index (χ2n) is 5.73. The topological polar surface area (TPSA) is 70.6 Å². The van der Waals surface area contributed by atoms with Gasteiger partial charge in [0.2, 0.25) is 0 Å². The lowest BCUT2D eigenvalue weighted by molar-refractivity contribution is 0.382. The summed E-state index contributed by atoms with van der Waals surface area (Å²) in [7, 11) is 0. The number of para-hydroxylation sites is 1. The number of nitrogens with zero attached hydrogens (tertiary/aromatic N) is 5. The zero-order valence-electron chi connectivity index (χ0n) is 13.6. The molecule has 1 aromatic heterocycles. The molecular weight excluding hydrogens is 288 g/mol. The fourth-order valence-electron chi connectivity index (χ4n) is 2.76. The standard InChI is InChI=1S/C17H22N6/c1-13-12-14(2)20-17(19-13)21-16(18)23-10-8-22(9-11-23)15-6-4-3-5-7-15/h3-7,12H,8-11H2,1-2H3,(H2,18,19,20,21). The highest BCUT2D eigenvalue weighted by atomic mass is 15.3. The quantitative estimate of drug-likeness (QED) is 0.677. The third kappa shape index (κ3) is 3.77. The van der Waals surface area contributed by atoms with Gasteiger partial charge >= 0.3 is 0 Å². The minimum Gasteiger partial charge on any atom is -0.369 e. The first-order valence-corrected chi connectivity index (χ1v) is 7.83. The van der Waals surface area contributed by atoms with Crippen molar-refractivity contribution in [3.8, 4) is 0 Å². The van der Waals surface area contributed by atoms with E-state index >= 15 is 0 Å². The number of aliphatic imine (C=N–C) groups is 1. The van der Waals surface area contributed by atoms with Crippen molar-refractivity contribution < 1.29 is 0 Å². The maximum Gasteiger partial charge on any atom is 0.253 e. The number of anilines is 1. The van der Waals surface area contributed by atoms with Crippen LogP contribution in [0.25, 0.3) is 0 Å². The second-order valence-corrected chi connectivity index (χ2v) is 5.73. The van der Waals surface area contributed by atoms with Crippen molar-refractivity contribution in [3.05, 3.63) is 47.8 Å². The Hall–Kier alpha value is -2.63. The van der Waals surface area contributed by atoms with Gasteiger partial charge in [0.25, 0.3) is 5.95 Å². The number of aryl methyl sites for hydroxylation is 2. The molecule has 23 heavy (non-hydrogen) atoms. The summed E-state index contributed by atoms with van der Waals surface area (Å²) in [5, 5.41) is 0. The van der Waals surface area contributed by atoms with Crippen LogP contribution in [0, 0.1) is 13.8 Å². The maximum absolute atomic E-state index is 6.14. The molecule has 0 radical (unpaired) electrons. The average molecular weight is 310 g/mol. The number of aromatic nitrogens is 2. The summed E-state index contributed by atoms with van der Waals surface area (Å²) < 4.78 is 0. The van der Waals surface area contributed by atoms with Crippen molar-refractivity contribution in [2.45, 2.75) is 13.8 Å². The van der Waals surface area contributed by atoms with Crippen LogP contribution in [-0.2, 0) is 0 Å². The van der Waals surface area contributed by atoms with Crippen LogP contribution in [0.1, 0.15) is 11.4 Å². The van der Waals surface area contributed by atoms with Crippen LogP contribution in [-0.4, -0.2) is 47.0 Å². The van der Waals surface area contributed by atoms with Gasteiger partial charge in [-0.3, -0.25) is 0 Å². The van der Waals surface area contributed by atoms with E-state index in [4.69, 9.17) is 5.73 Å². The van der Waals surface area contributed by atoms with Crippen molar-refractivity contribution in [2.24, 2.45) is 10.7 Å². The Kier molecular flexibility index (Phi) is 4.41. The van der Waals surface area contributed by atoms with Gasteiger partial charge in [0.15, 0.2) is 5.96 Å². The van der Waals surface area contributed by atoms with Gasteiger partial charge in [-0.1, -0.05) is 18.2 Å². The van der Waals surface area contributed by atoms with Crippen molar-refractivity contribution in [3.63, 3.8) is 0 Å². The molecule has 0 atom stereocenters. The van der Waals surface area contributed by atoms with Crippen LogP contribution in [0.4, 0.5) is 11.6 Å². The molecule has 0 bridgehead atoms. The van der Waals surface area contributed by atoms with Gasteiger partial charge in [0.1, 0.15) is 0 Å². The molecule has 1 aliphatic heterocycles. The van der Waals surface area contributed by atoms with E-state index in [9.17, 15) is 0 Å². The first-order chi connectivity index (χ1) is 11.1. The lowest BCUT2D eigenvalue weighted by Gasteiger charge is -2.36. The molecule has 6 heteroatoms. The fourth-order valence-corrected chi connectivity index (χ4v) is 2.76. The molecule has 3 rings (SSSR count). The summed E-state index contributed by atoms with van der Waals surface area (Å²) in [4.78, 5) is 17.5. The molecule has 2 aromatic rings. The predicted octanol–water partition coefficient (Wildman–Crippen LogP) is 1.86. The lowest BCUT2D eigenvalue weighted by atomic mass is 10.2. The fraction of sp³-hybridized carbons (Fsp3) is 0.353. The lowest BCUT2D eigenvalue weighted by Crippen LogP contribution is -2.51. The monoisotopic (exact) mass is 310 g/mol. The van der Waals surface area contributed by atoms with Crippen molar-refractivity contribution in [2.75, 3.05) is 31.1 Å². The Bertz CT molecular complexity index is 669. The van der Waals surface area contributed by atoms with Crippen LogP contribution in [0.15, 0.2) is 41.4 Å². The normalized spacial score (nSPS) is 15.8. The molecule has 6 nitrogen and oxygen atoms in total. The highest BCUT2D eigenvalue weighted by molar-refractivity contribution is 5.80. The molecule has 0 spiro atoms. The van der Waals surface area contributed by atoms with Crippen molar-refractivity contribution in [1.82, 2.24) is 14.9 Å². The Balaban J connectivity index is 1.66. The van der Waals surface area contributed by atoms with Gasteiger partial charge in [-0.05, 0) is 32.0 Å². The molecule has 1 saturated heterocycles. The molecule has 1 aliphatic rings. The zero-order chi connectivity index (χ0) is 16.2. The smallest absolute Gasteiger partial charge is 0.253 e. The third-order valence-electron chi connectivity index (χ3n) is 3.91. The highest BCUT2D eigenvalue weighted by Gasteiger charge is 2.18. The van der Waals surface area contributed by atoms with Crippen LogP contribution in [0.3, 0.4) is 0 Å². The summed E-state index contributed by atoms with van der Waals surface area (Å²) in [6.45, 7) is 7.40. The van der Waals surface area contributed by atoms with Crippen LogP contribution in [0.5, 0.6) is 0 Å². The van der Waals surface area contributed by atoms with Crippen molar-refractivity contribution in [1.29, 1.82) is 0 Å². The Labute approximate surface area is 136 Å². The molecule has 2 N–H and O–H groups in total. The number of benzene rings is 1. The Morgan fingerprint density at radius 1 is 1.00 bits per heavy atom. The number of guanidine groups is 1. The third-order valence-corrected chi connectivity index (χ3v) is 3.91. The molecule has 0 unspecified atom stereocenters. The summed E-state index contributed by atoms with van der Waals surface area (Å²) in [6, 6.07) is 12.4. The molecule has 120 valence electrons.